The van der Waals surface area contributed by atoms with Crippen molar-refractivity contribution < 1.29 is 14.1 Å². The van der Waals surface area contributed by atoms with Crippen LogP contribution in [0.1, 0.15) is 11.4 Å². The first-order chi connectivity index (χ1) is 9.92. The topological polar surface area (TPSA) is 116 Å². The maximum atomic E-state index is 13.8. The van der Waals surface area contributed by atoms with Gasteiger partial charge in [-0.25, -0.2) is 15.2 Å². The van der Waals surface area contributed by atoms with E-state index in [2.05, 4.69) is 15.4 Å². The highest BCUT2D eigenvalue weighted by Crippen LogP contribution is 2.30. The molecular formula is C12H12FN5O3. The molecule has 0 spiro atoms. The third-order valence-electron chi connectivity index (χ3n) is 2.68. The maximum absolute atomic E-state index is 13.8. The van der Waals surface area contributed by atoms with Crippen molar-refractivity contribution in [2.24, 2.45) is 5.84 Å². The van der Waals surface area contributed by atoms with E-state index in [4.69, 9.17) is 10.6 Å². The lowest BCUT2D eigenvalue weighted by atomic mass is 10.3. The summed E-state index contributed by atoms with van der Waals surface area (Å²) in [6.07, 6.45) is 0. The molecular weight excluding hydrogens is 281 g/mol. The normalized spacial score (nSPS) is 10.3. The number of nitrogens with one attached hydrogen (secondary N) is 1. The number of hydrogen-bond donors (Lipinski definition) is 2. The lowest BCUT2D eigenvalue weighted by Gasteiger charge is -2.11. The Balaban J connectivity index is 2.39. The van der Waals surface area contributed by atoms with Gasteiger partial charge in [0.15, 0.2) is 11.6 Å². The minimum Gasteiger partial charge on any atom is -0.435 e. The number of nitrogens with two attached hydrogens (primary N) is 1. The molecule has 1 aromatic heterocycles. The van der Waals surface area contributed by atoms with Gasteiger partial charge in [-0.2, -0.15) is 4.98 Å². The van der Waals surface area contributed by atoms with Crippen LogP contribution in [0.4, 0.5) is 15.9 Å². The maximum Gasteiger partial charge on any atom is 0.272 e. The fraction of sp³-hybridized carbons (Fsp3) is 0.167. The van der Waals surface area contributed by atoms with Crippen molar-refractivity contribution in [3.8, 4) is 11.6 Å². The van der Waals surface area contributed by atoms with Crippen LogP contribution in [0.3, 0.4) is 0 Å². The third-order valence-corrected chi connectivity index (χ3v) is 2.68. The zero-order valence-electron chi connectivity index (χ0n) is 11.3. The number of nitrogen functional groups attached to an aromatic ring is 1. The van der Waals surface area contributed by atoms with Gasteiger partial charge in [0.25, 0.3) is 5.69 Å². The summed E-state index contributed by atoms with van der Waals surface area (Å²) < 4.78 is 19.2. The second kappa shape index (κ2) is 5.67. The molecule has 0 saturated carbocycles. The van der Waals surface area contributed by atoms with Crippen LogP contribution < -0.4 is 16.0 Å². The molecule has 21 heavy (non-hydrogen) atoms. The average Bonchev–Trinajstić information content (AvgIpc) is 2.44. The van der Waals surface area contributed by atoms with Crippen molar-refractivity contribution in [2.45, 2.75) is 13.8 Å². The number of nitrogens with zero attached hydrogens (tertiary/aromatic N) is 3. The number of nitro groups is 1. The first-order valence-electron chi connectivity index (χ1n) is 5.86. The molecule has 0 amide bonds. The van der Waals surface area contributed by atoms with Crippen molar-refractivity contribution in [1.82, 2.24) is 9.97 Å². The van der Waals surface area contributed by atoms with Crippen LogP contribution in [0, 0.1) is 29.8 Å². The molecule has 110 valence electrons. The molecule has 1 heterocycles. The largest absolute Gasteiger partial charge is 0.435 e. The fourth-order valence-corrected chi connectivity index (χ4v) is 1.63. The van der Waals surface area contributed by atoms with Gasteiger partial charge in [0.05, 0.1) is 16.6 Å². The van der Waals surface area contributed by atoms with Crippen molar-refractivity contribution in [3.63, 3.8) is 0 Å². The van der Waals surface area contributed by atoms with Crippen LogP contribution in [0.25, 0.3) is 0 Å². The summed E-state index contributed by atoms with van der Waals surface area (Å²) in [6.45, 7) is 3.27. The molecule has 0 aliphatic rings. The van der Waals surface area contributed by atoms with Crippen LogP contribution in [-0.2, 0) is 0 Å². The van der Waals surface area contributed by atoms with Gasteiger partial charge in [-0.05, 0) is 19.9 Å². The molecule has 9 heteroatoms. The number of non-ortho nitro benzene ring substituents is 1. The van der Waals surface area contributed by atoms with Crippen LogP contribution in [0.5, 0.6) is 11.6 Å². The quantitative estimate of drug-likeness (QED) is 0.504. The van der Waals surface area contributed by atoms with E-state index in [-0.39, 0.29) is 17.3 Å². The van der Waals surface area contributed by atoms with E-state index in [1.807, 2.05) is 0 Å². The Kier molecular flexibility index (Phi) is 3.94. The van der Waals surface area contributed by atoms with Gasteiger partial charge in [0, 0.05) is 6.07 Å². The highest BCUT2D eigenvalue weighted by Gasteiger charge is 2.15. The van der Waals surface area contributed by atoms with Gasteiger partial charge in [-0.3, -0.25) is 10.1 Å². The number of halogens is 1. The Morgan fingerprint density at radius 1 is 1.38 bits per heavy atom. The number of aromatic nitrogens is 2. The number of benzene rings is 1. The minimum absolute atomic E-state index is 0.114. The van der Waals surface area contributed by atoms with Crippen LogP contribution >= 0.6 is 0 Å². The Morgan fingerprint density at radius 2 is 2.10 bits per heavy atom. The molecule has 0 aliphatic carbocycles. The van der Waals surface area contributed by atoms with Gasteiger partial charge < -0.3 is 10.2 Å². The van der Waals surface area contributed by atoms with E-state index in [0.717, 1.165) is 12.1 Å². The van der Waals surface area contributed by atoms with Gasteiger partial charge in [-0.1, -0.05) is 0 Å². The molecule has 3 N–H and O–H groups in total. The predicted octanol–water partition coefficient (Wildman–Crippen LogP) is 2.22. The minimum atomic E-state index is -0.859. The Bertz CT molecular complexity index is 708. The highest BCUT2D eigenvalue weighted by molar-refractivity contribution is 5.49. The van der Waals surface area contributed by atoms with E-state index in [1.54, 1.807) is 13.8 Å². The molecule has 0 saturated heterocycles. The van der Waals surface area contributed by atoms with Crippen molar-refractivity contribution in [2.75, 3.05) is 5.43 Å². The van der Waals surface area contributed by atoms with E-state index in [0.29, 0.717) is 17.2 Å². The molecule has 1 aromatic carbocycles. The van der Waals surface area contributed by atoms with Crippen molar-refractivity contribution in [3.05, 3.63) is 45.5 Å². The average molecular weight is 293 g/mol. The molecule has 2 aromatic rings. The number of hydrogen-bond acceptors (Lipinski definition) is 7. The van der Waals surface area contributed by atoms with Crippen molar-refractivity contribution in [1.29, 1.82) is 0 Å². The summed E-state index contributed by atoms with van der Waals surface area (Å²) in [6, 6.07) is 3.09. The predicted molar refractivity (Wildman–Crippen MR) is 72.4 cm³/mol. The van der Waals surface area contributed by atoms with Gasteiger partial charge >= 0.3 is 0 Å². The highest BCUT2D eigenvalue weighted by atomic mass is 19.1. The number of nitro benzene ring substituents is 1. The number of hydrazine groups is 1. The number of ether oxygens (including phenoxy) is 1. The number of rotatable bonds is 4. The Labute approximate surface area is 118 Å². The lowest BCUT2D eigenvalue weighted by Crippen LogP contribution is -2.12. The first-order valence-corrected chi connectivity index (χ1v) is 5.86. The molecule has 2 rings (SSSR count). The van der Waals surface area contributed by atoms with Crippen LogP contribution in [-0.4, -0.2) is 14.9 Å². The molecule has 0 bridgehead atoms. The first kappa shape index (κ1) is 14.6. The summed E-state index contributed by atoms with van der Waals surface area (Å²) >= 11 is 0. The molecule has 0 radical (unpaired) electrons. The smallest absolute Gasteiger partial charge is 0.272 e. The zero-order chi connectivity index (χ0) is 15.6. The van der Waals surface area contributed by atoms with Gasteiger partial charge in [0.1, 0.15) is 11.6 Å². The molecule has 0 unspecified atom stereocenters. The van der Waals surface area contributed by atoms with E-state index < -0.39 is 10.7 Å². The van der Waals surface area contributed by atoms with E-state index in [1.165, 1.54) is 6.07 Å². The second-order valence-corrected chi connectivity index (χ2v) is 4.17. The number of anilines is 1. The summed E-state index contributed by atoms with van der Waals surface area (Å²) in [5, 5.41) is 10.6. The lowest BCUT2D eigenvalue weighted by molar-refractivity contribution is -0.385. The molecule has 0 fully saturated rings. The number of aryl methyl sites for hydroxylation is 1. The zero-order valence-corrected chi connectivity index (χ0v) is 11.3. The third kappa shape index (κ3) is 3.03. The summed E-state index contributed by atoms with van der Waals surface area (Å²) in [5.41, 5.74) is 2.51. The SMILES string of the molecule is Cc1nc(NN)c(C)c(Oc2ccc([N+](=O)[O-])cc2F)n1. The second-order valence-electron chi connectivity index (χ2n) is 4.17. The summed E-state index contributed by atoms with van der Waals surface area (Å²) in [7, 11) is 0. The fourth-order valence-electron chi connectivity index (χ4n) is 1.63. The Hall–Kier alpha value is -2.81. The molecule has 0 atom stereocenters. The monoisotopic (exact) mass is 293 g/mol. The van der Waals surface area contributed by atoms with Gasteiger partial charge in [0.2, 0.25) is 5.88 Å². The summed E-state index contributed by atoms with van der Waals surface area (Å²) in [5.74, 6) is 5.13. The van der Waals surface area contributed by atoms with E-state index in [9.17, 15) is 14.5 Å². The van der Waals surface area contributed by atoms with E-state index >= 15 is 0 Å². The standard InChI is InChI=1S/C12H12FN5O3/c1-6-11(17-14)15-7(2)16-12(6)21-10-4-3-8(18(19)20)5-9(10)13/h3-5H,14H2,1-2H3,(H,15,16,17). The Morgan fingerprint density at radius 3 is 2.67 bits per heavy atom. The van der Waals surface area contributed by atoms with Crippen molar-refractivity contribution >= 4 is 11.5 Å². The van der Waals surface area contributed by atoms with Crippen LogP contribution in [0.15, 0.2) is 18.2 Å². The van der Waals surface area contributed by atoms with Crippen LogP contribution in [0.2, 0.25) is 0 Å². The molecule has 8 nitrogen and oxygen atoms in total. The van der Waals surface area contributed by atoms with Gasteiger partial charge in [-0.15, -0.1) is 0 Å². The summed E-state index contributed by atoms with van der Waals surface area (Å²) in [4.78, 5) is 18.0. The molecule has 0 aliphatic heterocycles.